The Hall–Kier alpha value is -2.17. The van der Waals surface area contributed by atoms with Gasteiger partial charge in [-0.2, -0.15) is 4.98 Å². The molecule has 0 spiro atoms. The Balaban J connectivity index is 1.70. The van der Waals surface area contributed by atoms with Gasteiger partial charge in [-0.1, -0.05) is 0 Å². The number of hydrogen-bond donors (Lipinski definition) is 0. The summed E-state index contributed by atoms with van der Waals surface area (Å²) in [5.74, 6) is 1.88. The molecular formula is C17H23N5. The summed E-state index contributed by atoms with van der Waals surface area (Å²) < 4.78 is 0. The molecule has 1 aliphatic rings. The summed E-state index contributed by atoms with van der Waals surface area (Å²) in [6, 6.07) is 6.19. The zero-order chi connectivity index (χ0) is 15.4. The smallest absolute Gasteiger partial charge is 0.227 e. The van der Waals surface area contributed by atoms with Gasteiger partial charge in [0.25, 0.3) is 0 Å². The van der Waals surface area contributed by atoms with Crippen LogP contribution in [0.15, 0.2) is 30.6 Å². The molecule has 1 saturated heterocycles. The first-order valence-corrected chi connectivity index (χ1v) is 7.93. The van der Waals surface area contributed by atoms with Crippen molar-refractivity contribution < 1.29 is 0 Å². The Morgan fingerprint density at radius 1 is 1.14 bits per heavy atom. The third kappa shape index (κ3) is 3.53. The minimum atomic E-state index is 0.878. The molecule has 5 heteroatoms. The van der Waals surface area contributed by atoms with E-state index in [2.05, 4.69) is 45.0 Å². The highest BCUT2D eigenvalue weighted by molar-refractivity contribution is 5.45. The minimum Gasteiger partial charge on any atom is -0.359 e. The van der Waals surface area contributed by atoms with Crippen molar-refractivity contribution in [3.8, 4) is 0 Å². The zero-order valence-electron chi connectivity index (χ0n) is 13.4. The zero-order valence-corrected chi connectivity index (χ0v) is 13.4. The number of hydrogen-bond acceptors (Lipinski definition) is 5. The molecule has 5 nitrogen and oxygen atoms in total. The van der Waals surface area contributed by atoms with E-state index in [9.17, 15) is 0 Å². The van der Waals surface area contributed by atoms with E-state index in [1.165, 1.54) is 18.4 Å². The van der Waals surface area contributed by atoms with Gasteiger partial charge in [0.1, 0.15) is 5.82 Å². The number of rotatable bonds is 5. The van der Waals surface area contributed by atoms with Crippen LogP contribution in [0.5, 0.6) is 0 Å². The Morgan fingerprint density at radius 3 is 2.59 bits per heavy atom. The van der Waals surface area contributed by atoms with E-state index >= 15 is 0 Å². The topological polar surface area (TPSA) is 45.2 Å². The molecule has 3 heterocycles. The lowest BCUT2D eigenvalue weighted by molar-refractivity contribution is 0.833. The van der Waals surface area contributed by atoms with E-state index < -0.39 is 0 Å². The first-order valence-electron chi connectivity index (χ1n) is 7.93. The van der Waals surface area contributed by atoms with Crippen LogP contribution in [-0.2, 0) is 6.42 Å². The fourth-order valence-electron chi connectivity index (χ4n) is 2.75. The molecule has 116 valence electrons. The Morgan fingerprint density at radius 2 is 1.86 bits per heavy atom. The van der Waals surface area contributed by atoms with Crippen molar-refractivity contribution in [2.75, 3.05) is 36.5 Å². The van der Waals surface area contributed by atoms with Gasteiger partial charge in [0.15, 0.2) is 0 Å². The number of likely N-dealkylation sites (N-methyl/N-ethyl adjacent to an activating group) is 1. The number of anilines is 2. The summed E-state index contributed by atoms with van der Waals surface area (Å²) in [6.07, 6.45) is 7.15. The van der Waals surface area contributed by atoms with Crippen LogP contribution >= 0.6 is 0 Å². The predicted molar refractivity (Wildman–Crippen MR) is 89.4 cm³/mol. The van der Waals surface area contributed by atoms with Crippen LogP contribution in [-0.4, -0.2) is 41.6 Å². The summed E-state index contributed by atoms with van der Waals surface area (Å²) in [6.45, 7) is 5.12. The molecule has 0 amide bonds. The minimum absolute atomic E-state index is 0.878. The van der Waals surface area contributed by atoms with E-state index in [-0.39, 0.29) is 0 Å². The van der Waals surface area contributed by atoms with Gasteiger partial charge in [-0.3, -0.25) is 4.98 Å². The van der Waals surface area contributed by atoms with Gasteiger partial charge in [-0.15, -0.1) is 0 Å². The highest BCUT2D eigenvalue weighted by atomic mass is 15.3. The van der Waals surface area contributed by atoms with E-state index in [0.717, 1.165) is 43.5 Å². The van der Waals surface area contributed by atoms with Crippen LogP contribution < -0.4 is 9.80 Å². The molecule has 2 aromatic heterocycles. The van der Waals surface area contributed by atoms with Gasteiger partial charge in [0, 0.05) is 50.8 Å². The Bertz CT molecular complexity index is 608. The van der Waals surface area contributed by atoms with Gasteiger partial charge >= 0.3 is 0 Å². The van der Waals surface area contributed by atoms with Gasteiger partial charge in [-0.25, -0.2) is 4.98 Å². The fraction of sp³-hybridized carbons (Fsp3) is 0.471. The molecule has 0 saturated carbocycles. The largest absolute Gasteiger partial charge is 0.359 e. The second kappa shape index (κ2) is 6.73. The van der Waals surface area contributed by atoms with E-state index in [1.54, 1.807) is 0 Å². The van der Waals surface area contributed by atoms with Crippen LogP contribution in [0.1, 0.15) is 24.1 Å². The summed E-state index contributed by atoms with van der Waals surface area (Å²) in [7, 11) is 2.09. The lowest BCUT2D eigenvalue weighted by Crippen LogP contribution is -2.25. The third-order valence-electron chi connectivity index (χ3n) is 4.09. The van der Waals surface area contributed by atoms with E-state index in [4.69, 9.17) is 4.98 Å². The third-order valence-corrected chi connectivity index (χ3v) is 4.09. The Kier molecular flexibility index (Phi) is 4.51. The van der Waals surface area contributed by atoms with Crippen molar-refractivity contribution in [1.82, 2.24) is 15.0 Å². The van der Waals surface area contributed by atoms with Crippen molar-refractivity contribution in [3.63, 3.8) is 0 Å². The SMILES string of the molecule is Cc1cc(N(C)CCc2ccncc2)nc(N2CCCC2)n1. The first-order chi connectivity index (χ1) is 10.7. The monoisotopic (exact) mass is 297 g/mol. The molecule has 1 fully saturated rings. The molecule has 1 aliphatic heterocycles. The quantitative estimate of drug-likeness (QED) is 0.848. The second-order valence-corrected chi connectivity index (χ2v) is 5.89. The van der Waals surface area contributed by atoms with E-state index in [1.807, 2.05) is 19.3 Å². The Labute approximate surface area is 132 Å². The summed E-state index contributed by atoms with van der Waals surface area (Å²) in [4.78, 5) is 17.9. The fourth-order valence-corrected chi connectivity index (χ4v) is 2.75. The molecule has 0 atom stereocenters. The predicted octanol–water partition coefficient (Wildman–Crippen LogP) is 2.46. The molecule has 0 unspecified atom stereocenters. The van der Waals surface area contributed by atoms with Crippen LogP contribution in [0.4, 0.5) is 11.8 Å². The van der Waals surface area contributed by atoms with Gasteiger partial charge < -0.3 is 9.80 Å². The summed E-state index contributed by atoms with van der Waals surface area (Å²) >= 11 is 0. The molecule has 0 aliphatic carbocycles. The molecule has 0 radical (unpaired) electrons. The van der Waals surface area contributed by atoms with Crippen LogP contribution in [0.3, 0.4) is 0 Å². The number of pyridine rings is 1. The van der Waals surface area contributed by atoms with Gasteiger partial charge in [0.05, 0.1) is 0 Å². The molecule has 3 rings (SSSR count). The van der Waals surface area contributed by atoms with Crippen molar-refractivity contribution in [1.29, 1.82) is 0 Å². The standard InChI is InChI=1S/C17H23N5/c1-14-13-16(20-17(19-14)22-10-3-4-11-22)21(2)12-7-15-5-8-18-9-6-15/h5-6,8-9,13H,3-4,7,10-12H2,1-2H3. The van der Waals surface area contributed by atoms with Gasteiger partial charge in [0.2, 0.25) is 5.95 Å². The van der Waals surface area contributed by atoms with Crippen LogP contribution in [0.2, 0.25) is 0 Å². The maximum absolute atomic E-state index is 4.76. The summed E-state index contributed by atoms with van der Waals surface area (Å²) in [5, 5.41) is 0. The number of aryl methyl sites for hydroxylation is 1. The lowest BCUT2D eigenvalue weighted by atomic mass is 10.2. The first kappa shape index (κ1) is 14.8. The normalized spacial score (nSPS) is 14.4. The highest BCUT2D eigenvalue weighted by Crippen LogP contribution is 2.20. The number of aromatic nitrogens is 3. The number of nitrogens with zero attached hydrogens (tertiary/aromatic N) is 5. The molecule has 22 heavy (non-hydrogen) atoms. The van der Waals surface area contributed by atoms with Crippen LogP contribution in [0, 0.1) is 6.92 Å². The van der Waals surface area contributed by atoms with Gasteiger partial charge in [-0.05, 0) is 43.9 Å². The highest BCUT2D eigenvalue weighted by Gasteiger charge is 2.16. The van der Waals surface area contributed by atoms with Crippen LogP contribution in [0.25, 0.3) is 0 Å². The van der Waals surface area contributed by atoms with Crippen molar-refractivity contribution >= 4 is 11.8 Å². The lowest BCUT2D eigenvalue weighted by Gasteiger charge is -2.22. The molecule has 0 aromatic carbocycles. The molecule has 2 aromatic rings. The summed E-state index contributed by atoms with van der Waals surface area (Å²) in [5.41, 5.74) is 2.33. The molecular weight excluding hydrogens is 274 g/mol. The van der Waals surface area contributed by atoms with Crippen molar-refractivity contribution in [2.24, 2.45) is 0 Å². The molecule has 0 bridgehead atoms. The average molecular weight is 297 g/mol. The maximum Gasteiger partial charge on any atom is 0.227 e. The van der Waals surface area contributed by atoms with Crippen molar-refractivity contribution in [3.05, 3.63) is 41.9 Å². The van der Waals surface area contributed by atoms with Crippen molar-refractivity contribution in [2.45, 2.75) is 26.2 Å². The second-order valence-electron chi connectivity index (χ2n) is 5.89. The average Bonchev–Trinajstić information content (AvgIpc) is 3.07. The van der Waals surface area contributed by atoms with E-state index in [0.29, 0.717) is 0 Å². The maximum atomic E-state index is 4.76. The molecule has 0 N–H and O–H groups in total.